The van der Waals surface area contributed by atoms with Crippen LogP contribution in [0.3, 0.4) is 0 Å². The number of Topliss-reactive ketones (excluding diaryl/α,β-unsaturated/α-hetero) is 1. The van der Waals surface area contributed by atoms with Crippen molar-refractivity contribution in [2.75, 3.05) is 106 Å². The predicted octanol–water partition coefficient (Wildman–Crippen LogP) is 2.99. The van der Waals surface area contributed by atoms with Crippen LogP contribution in [0.5, 0.6) is 0 Å². The Morgan fingerprint density at radius 1 is 0.479 bits per heavy atom. The average molecular weight is 1020 g/mol. The molecular weight excluding hydrogens is 923 g/mol. The van der Waals surface area contributed by atoms with Gasteiger partial charge in [-0.05, 0) is 38.5 Å². The number of aliphatic carboxylic acids is 2. The van der Waals surface area contributed by atoms with Crippen LogP contribution in [0.2, 0.25) is 0 Å². The smallest absolute Gasteiger partial charge is 0.326 e. The Balaban J connectivity index is 3.74. The van der Waals surface area contributed by atoms with E-state index in [0.29, 0.717) is 37.0 Å². The molecule has 0 spiro atoms. The van der Waals surface area contributed by atoms with E-state index in [-0.39, 0.29) is 139 Å². The van der Waals surface area contributed by atoms with Crippen LogP contribution in [0, 0.1) is 5.92 Å². The molecule has 0 saturated carbocycles. The molecule has 0 aromatic rings. The van der Waals surface area contributed by atoms with Gasteiger partial charge in [-0.15, -0.1) is 0 Å². The molecule has 0 aliphatic heterocycles. The molecule has 0 bridgehead atoms. The molecule has 412 valence electrons. The number of nitrogens with one attached hydrogen (secondary N) is 5. The molecule has 0 aromatic carbocycles. The van der Waals surface area contributed by atoms with Gasteiger partial charge in [0.25, 0.3) is 5.91 Å². The summed E-state index contributed by atoms with van der Waals surface area (Å²) >= 11 is 0. The van der Waals surface area contributed by atoms with Crippen LogP contribution in [-0.4, -0.2) is 180 Å². The number of carbonyl (C=O) groups excluding carboxylic acids is 6. The minimum Gasteiger partial charge on any atom is -0.481 e. The lowest BCUT2D eigenvalue weighted by Gasteiger charge is -2.29. The highest BCUT2D eigenvalue weighted by molar-refractivity contribution is 5.85. The zero-order valence-electron chi connectivity index (χ0n) is 43.8. The number of amides is 5. The lowest BCUT2D eigenvalue weighted by atomic mass is 9.98. The molecule has 21 heteroatoms. The maximum atomic E-state index is 12.4. The van der Waals surface area contributed by atoms with E-state index >= 15 is 0 Å². The van der Waals surface area contributed by atoms with Crippen LogP contribution in [0.15, 0.2) is 0 Å². The van der Waals surface area contributed by atoms with E-state index < -0.39 is 24.0 Å². The standard InChI is InChI=1S/C50H93N7O14/c1-40(2)49(65)41(51)21-19-20-26-52-45(60)37-57(3,4)30-27-53-46(61)38-70-35-34-69-32-29-55-47(62)39-71-36-33-68-31-28-54-43(58)25-24-42(50(66)67)56-44(59)22-17-15-13-11-9-7-5-6-8-10-12-14-16-18-23-48(63)64/h40-42H,5-39,51H2,1-4H3,(H6-,52,53,54,55,56,58,59,60,61,62,63,64,66,67)/p+1/t41-,42+/m1/s1. The van der Waals surface area contributed by atoms with Gasteiger partial charge in [-0.25, -0.2) is 4.79 Å². The van der Waals surface area contributed by atoms with Crippen LogP contribution in [0.25, 0.3) is 0 Å². The first-order valence-corrected chi connectivity index (χ1v) is 26.2. The van der Waals surface area contributed by atoms with Crippen molar-refractivity contribution in [3.8, 4) is 0 Å². The molecule has 71 heavy (non-hydrogen) atoms. The first kappa shape index (κ1) is 66.7. The molecular formula is C50H94N7O14+. The van der Waals surface area contributed by atoms with E-state index in [2.05, 4.69) is 26.6 Å². The third-order valence-corrected chi connectivity index (χ3v) is 11.5. The number of ketones is 1. The molecule has 0 saturated heterocycles. The maximum Gasteiger partial charge on any atom is 0.326 e. The van der Waals surface area contributed by atoms with E-state index in [1.54, 1.807) is 0 Å². The highest BCUT2D eigenvalue weighted by Crippen LogP contribution is 2.14. The van der Waals surface area contributed by atoms with E-state index in [1.165, 1.54) is 38.5 Å². The quantitative estimate of drug-likeness (QED) is 0.0321. The second-order valence-electron chi connectivity index (χ2n) is 19.0. The Hall–Kier alpha value is -4.28. The third kappa shape index (κ3) is 44.2. The number of hydrogen-bond acceptors (Lipinski definition) is 13. The first-order chi connectivity index (χ1) is 33.9. The molecule has 0 fully saturated rings. The van der Waals surface area contributed by atoms with Gasteiger partial charge in [0.05, 0.1) is 72.9 Å². The molecule has 0 aliphatic rings. The molecule has 5 amide bonds. The summed E-state index contributed by atoms with van der Waals surface area (Å²) < 4.78 is 21.9. The van der Waals surface area contributed by atoms with Gasteiger partial charge in [0.15, 0.2) is 12.3 Å². The van der Waals surface area contributed by atoms with Crippen molar-refractivity contribution < 1.29 is 72.0 Å². The zero-order valence-corrected chi connectivity index (χ0v) is 43.8. The molecule has 0 radical (unpaired) electrons. The second-order valence-corrected chi connectivity index (χ2v) is 19.0. The summed E-state index contributed by atoms with van der Waals surface area (Å²) in [5.41, 5.74) is 5.92. The topological polar surface area (TPSA) is 300 Å². The first-order valence-electron chi connectivity index (χ1n) is 26.2. The van der Waals surface area contributed by atoms with Crippen molar-refractivity contribution in [2.45, 2.75) is 161 Å². The summed E-state index contributed by atoms with van der Waals surface area (Å²) in [6.45, 7) is 6.68. The number of carboxylic acids is 2. The molecule has 0 rings (SSSR count). The average Bonchev–Trinajstić information content (AvgIpc) is 3.30. The number of ether oxygens (including phenoxy) is 4. The Bertz CT molecular complexity index is 1490. The van der Waals surface area contributed by atoms with Gasteiger partial charge in [0, 0.05) is 44.8 Å². The fraction of sp³-hybridized carbons (Fsp3) is 0.840. The maximum absolute atomic E-state index is 12.4. The zero-order chi connectivity index (χ0) is 53.0. The summed E-state index contributed by atoms with van der Waals surface area (Å²) in [7, 11) is 3.81. The van der Waals surface area contributed by atoms with Gasteiger partial charge in [-0.1, -0.05) is 90.9 Å². The Morgan fingerprint density at radius 3 is 1.42 bits per heavy atom. The van der Waals surface area contributed by atoms with Crippen LogP contribution in [0.4, 0.5) is 0 Å². The second kappa shape index (κ2) is 44.4. The summed E-state index contributed by atoms with van der Waals surface area (Å²) in [5.74, 6) is -3.34. The fourth-order valence-electron chi connectivity index (χ4n) is 7.28. The lowest BCUT2D eigenvalue weighted by Crippen LogP contribution is -2.51. The highest BCUT2D eigenvalue weighted by Gasteiger charge is 2.22. The number of likely N-dealkylation sites (N-methyl/N-ethyl adjacent to an activating group) is 1. The molecule has 9 N–H and O–H groups in total. The summed E-state index contributed by atoms with van der Waals surface area (Å²) in [6, 6.07) is -1.61. The number of nitrogens with two attached hydrogens (primary N) is 1. The van der Waals surface area contributed by atoms with Crippen LogP contribution >= 0.6 is 0 Å². The van der Waals surface area contributed by atoms with Crippen LogP contribution < -0.4 is 32.3 Å². The number of quaternary nitrogens is 1. The fourth-order valence-corrected chi connectivity index (χ4v) is 7.28. The van der Waals surface area contributed by atoms with Gasteiger partial charge in [-0.2, -0.15) is 0 Å². The van der Waals surface area contributed by atoms with Crippen molar-refractivity contribution in [2.24, 2.45) is 11.7 Å². The number of carbonyl (C=O) groups is 8. The van der Waals surface area contributed by atoms with Crippen molar-refractivity contribution in [1.82, 2.24) is 26.6 Å². The van der Waals surface area contributed by atoms with E-state index in [9.17, 15) is 43.5 Å². The van der Waals surface area contributed by atoms with E-state index in [4.69, 9.17) is 29.8 Å². The Labute approximate surface area is 423 Å². The third-order valence-electron chi connectivity index (χ3n) is 11.5. The molecule has 2 atom stereocenters. The molecule has 21 nitrogen and oxygen atoms in total. The van der Waals surface area contributed by atoms with E-state index in [0.717, 1.165) is 57.8 Å². The van der Waals surface area contributed by atoms with Crippen LogP contribution in [-0.2, 0) is 57.3 Å². The number of unbranched alkanes of at least 4 members (excludes halogenated alkanes) is 14. The number of rotatable bonds is 50. The normalized spacial score (nSPS) is 12.3. The van der Waals surface area contributed by atoms with Crippen molar-refractivity contribution in [3.63, 3.8) is 0 Å². The number of nitrogens with zero attached hydrogens (tertiary/aromatic N) is 1. The molecule has 0 heterocycles. The SMILES string of the molecule is CC(C)C(=O)[C@H](N)CCCCNC(=O)C[N+](C)(C)CCNC(=O)COCCOCCNC(=O)COCCOCCNC(=O)CC[C@H](NC(=O)CCCCCCCCCCCCCCCCC(=O)O)C(=O)O. The minimum absolute atomic E-state index is 0.0341. The Kier molecular flexibility index (Phi) is 41.7. The monoisotopic (exact) mass is 1020 g/mol. The van der Waals surface area contributed by atoms with Gasteiger partial charge >= 0.3 is 11.9 Å². The van der Waals surface area contributed by atoms with Crippen LogP contribution in [0.1, 0.15) is 149 Å². The number of hydrogen-bond donors (Lipinski definition) is 8. The molecule has 0 aliphatic carbocycles. The van der Waals surface area contributed by atoms with E-state index in [1.807, 2.05) is 27.9 Å². The molecule has 0 aromatic heterocycles. The molecule has 0 unspecified atom stereocenters. The summed E-state index contributed by atoms with van der Waals surface area (Å²) in [5, 5.41) is 31.7. The summed E-state index contributed by atoms with van der Waals surface area (Å²) in [6.07, 6.45) is 17.5. The largest absolute Gasteiger partial charge is 0.481 e. The Morgan fingerprint density at radius 2 is 0.930 bits per heavy atom. The van der Waals surface area contributed by atoms with Gasteiger partial charge in [0.2, 0.25) is 23.6 Å². The summed E-state index contributed by atoms with van der Waals surface area (Å²) in [4.78, 5) is 95.3. The van der Waals surface area contributed by atoms with Gasteiger partial charge < -0.3 is 66.0 Å². The van der Waals surface area contributed by atoms with Gasteiger partial charge in [-0.3, -0.25) is 33.6 Å². The van der Waals surface area contributed by atoms with Crippen molar-refractivity contribution >= 4 is 47.3 Å². The number of carboxylic acid groups (broad SMARTS) is 2. The lowest BCUT2D eigenvalue weighted by molar-refractivity contribution is -0.881. The highest BCUT2D eigenvalue weighted by atomic mass is 16.5. The van der Waals surface area contributed by atoms with Crippen molar-refractivity contribution in [1.29, 1.82) is 0 Å². The predicted molar refractivity (Wildman–Crippen MR) is 269 cm³/mol. The van der Waals surface area contributed by atoms with Crippen molar-refractivity contribution in [3.05, 3.63) is 0 Å². The minimum atomic E-state index is -1.19. The van der Waals surface area contributed by atoms with Gasteiger partial charge in [0.1, 0.15) is 19.3 Å².